The Bertz CT molecular complexity index is 1500. The van der Waals surface area contributed by atoms with E-state index in [4.69, 9.17) is 9.72 Å². The van der Waals surface area contributed by atoms with Gasteiger partial charge in [-0.3, -0.25) is 4.31 Å². The van der Waals surface area contributed by atoms with Gasteiger partial charge in [-0.05, 0) is 55.6 Å². The maximum Gasteiger partial charge on any atom is 0.232 e. The molecule has 0 spiro atoms. The molecule has 10 heteroatoms. The molecule has 0 bridgehead atoms. The van der Waals surface area contributed by atoms with Gasteiger partial charge in [-0.1, -0.05) is 24.3 Å². The lowest BCUT2D eigenvalue weighted by atomic mass is 9.90. The van der Waals surface area contributed by atoms with Crippen molar-refractivity contribution in [2.45, 2.75) is 18.8 Å². The van der Waals surface area contributed by atoms with Gasteiger partial charge in [0.15, 0.2) is 0 Å². The average molecular weight is 524 g/mol. The summed E-state index contributed by atoms with van der Waals surface area (Å²) in [5.41, 5.74) is 5.09. The van der Waals surface area contributed by atoms with Crippen molar-refractivity contribution in [3.05, 3.63) is 59.6 Å². The Morgan fingerprint density at radius 1 is 1.14 bits per heavy atom. The van der Waals surface area contributed by atoms with Crippen LogP contribution in [0.1, 0.15) is 24.3 Å². The molecule has 36 heavy (non-hydrogen) atoms. The second-order valence-electron chi connectivity index (χ2n) is 8.91. The summed E-state index contributed by atoms with van der Waals surface area (Å²) in [4.78, 5) is 9.33. The highest BCUT2D eigenvalue weighted by Gasteiger charge is 2.20. The average Bonchev–Trinajstić information content (AvgIpc) is 3.31. The minimum Gasteiger partial charge on any atom is -0.495 e. The highest BCUT2D eigenvalue weighted by molar-refractivity contribution is 7.92. The van der Waals surface area contributed by atoms with Crippen molar-refractivity contribution in [3.8, 4) is 16.9 Å². The lowest BCUT2D eigenvalue weighted by Gasteiger charge is -2.24. The first-order valence-corrected chi connectivity index (χ1v) is 14.5. The number of thiophene rings is 1. The molecule has 188 valence electrons. The third-order valence-electron chi connectivity index (χ3n) is 6.63. The molecule has 5 rings (SSSR count). The number of hydrogen-bond donors (Lipinski definition) is 2. The summed E-state index contributed by atoms with van der Waals surface area (Å²) in [6.45, 7) is 2.07. The Morgan fingerprint density at radius 2 is 1.92 bits per heavy atom. The van der Waals surface area contributed by atoms with Crippen LogP contribution in [0.3, 0.4) is 0 Å². The van der Waals surface area contributed by atoms with Crippen LogP contribution in [0.25, 0.3) is 21.3 Å². The van der Waals surface area contributed by atoms with E-state index in [2.05, 4.69) is 27.8 Å². The fourth-order valence-electron chi connectivity index (χ4n) is 4.57. The van der Waals surface area contributed by atoms with Crippen molar-refractivity contribution >= 4 is 48.9 Å². The molecule has 4 aromatic rings. The van der Waals surface area contributed by atoms with Crippen LogP contribution in [-0.2, 0) is 10.0 Å². The van der Waals surface area contributed by atoms with E-state index in [9.17, 15) is 8.42 Å². The topological polar surface area (TPSA) is 96.5 Å². The van der Waals surface area contributed by atoms with Gasteiger partial charge in [0.1, 0.15) is 5.75 Å². The minimum absolute atomic E-state index is 0.448. The van der Waals surface area contributed by atoms with Gasteiger partial charge >= 0.3 is 0 Å². The molecule has 1 fully saturated rings. The third-order valence-corrected chi connectivity index (χ3v) is 8.73. The van der Waals surface area contributed by atoms with Crippen LogP contribution in [0.4, 0.5) is 17.3 Å². The zero-order valence-electron chi connectivity index (χ0n) is 20.5. The first-order chi connectivity index (χ1) is 17.3. The van der Waals surface area contributed by atoms with E-state index >= 15 is 0 Å². The summed E-state index contributed by atoms with van der Waals surface area (Å²) < 4.78 is 32.4. The summed E-state index contributed by atoms with van der Waals surface area (Å²) in [6.07, 6.45) is 5.22. The van der Waals surface area contributed by atoms with Gasteiger partial charge in [-0.25, -0.2) is 18.4 Å². The Labute approximate surface area is 215 Å². The van der Waals surface area contributed by atoms with Gasteiger partial charge in [-0.15, -0.1) is 11.3 Å². The number of fused-ring (bicyclic) bond motifs is 1. The van der Waals surface area contributed by atoms with Gasteiger partial charge in [0.05, 0.1) is 41.2 Å². The number of methoxy groups -OCH3 is 1. The first kappa shape index (κ1) is 24.5. The maximum atomic E-state index is 12.2. The van der Waals surface area contributed by atoms with Crippen molar-refractivity contribution in [1.29, 1.82) is 0 Å². The number of para-hydroxylation sites is 1. The van der Waals surface area contributed by atoms with E-state index in [0.717, 1.165) is 58.7 Å². The molecule has 2 aromatic carbocycles. The second-order valence-corrected chi connectivity index (χ2v) is 11.8. The van der Waals surface area contributed by atoms with E-state index in [1.807, 2.05) is 29.6 Å². The van der Waals surface area contributed by atoms with E-state index < -0.39 is 10.0 Å². The maximum absolute atomic E-state index is 12.2. The standard InChI is InChI=1S/C26H29N5O3S2/c1-31(36(3,32)33)22-7-5-4-6-19(22)20-16-35-24-15-28-26(30-25(20)24)29-21-9-8-18(14-23(21)34-2)17-10-12-27-13-11-17/h4-9,14-17,27H,10-13H2,1-3H3,(H,28,29,30). The summed E-state index contributed by atoms with van der Waals surface area (Å²) in [7, 11) is -0.187. The van der Waals surface area contributed by atoms with E-state index in [-0.39, 0.29) is 0 Å². The molecular formula is C26H29N5O3S2. The normalized spacial score (nSPS) is 14.6. The van der Waals surface area contributed by atoms with E-state index in [1.165, 1.54) is 27.5 Å². The number of benzene rings is 2. The van der Waals surface area contributed by atoms with Crippen LogP contribution < -0.4 is 19.7 Å². The molecule has 2 aromatic heterocycles. The van der Waals surface area contributed by atoms with Crippen LogP contribution >= 0.6 is 11.3 Å². The lowest BCUT2D eigenvalue weighted by molar-refractivity contribution is 0.413. The summed E-state index contributed by atoms with van der Waals surface area (Å²) >= 11 is 1.53. The van der Waals surface area contributed by atoms with Crippen molar-refractivity contribution < 1.29 is 13.2 Å². The predicted octanol–water partition coefficient (Wildman–Crippen LogP) is 4.97. The Kier molecular flexibility index (Phi) is 6.83. The molecule has 0 atom stereocenters. The Balaban J connectivity index is 1.49. The number of nitrogens with zero attached hydrogens (tertiary/aromatic N) is 3. The molecule has 1 saturated heterocycles. The predicted molar refractivity (Wildman–Crippen MR) is 147 cm³/mol. The summed E-state index contributed by atoms with van der Waals surface area (Å²) in [6, 6.07) is 13.7. The smallest absolute Gasteiger partial charge is 0.232 e. The third kappa shape index (κ3) is 4.88. The number of piperidine rings is 1. The van der Waals surface area contributed by atoms with E-state index in [1.54, 1.807) is 26.4 Å². The summed E-state index contributed by atoms with van der Waals surface area (Å²) in [5.74, 6) is 1.73. The van der Waals surface area contributed by atoms with Crippen molar-refractivity contribution in [2.24, 2.45) is 0 Å². The zero-order valence-corrected chi connectivity index (χ0v) is 22.1. The molecule has 0 saturated carbocycles. The SMILES string of the molecule is COc1cc(C2CCNCC2)ccc1Nc1ncc2scc(-c3ccccc3N(C)S(C)(=O)=O)c2n1. The Hall–Kier alpha value is -3.21. The lowest BCUT2D eigenvalue weighted by Crippen LogP contribution is -2.26. The van der Waals surface area contributed by atoms with Crippen LogP contribution in [0, 0.1) is 0 Å². The van der Waals surface area contributed by atoms with Crippen molar-refractivity contribution in [1.82, 2.24) is 15.3 Å². The van der Waals surface area contributed by atoms with Crippen LogP contribution in [0.5, 0.6) is 5.75 Å². The largest absolute Gasteiger partial charge is 0.495 e. The van der Waals surface area contributed by atoms with Crippen molar-refractivity contribution in [2.75, 3.05) is 43.1 Å². The number of aromatic nitrogens is 2. The van der Waals surface area contributed by atoms with Crippen LogP contribution in [0.2, 0.25) is 0 Å². The number of hydrogen-bond acceptors (Lipinski definition) is 8. The van der Waals surface area contributed by atoms with Crippen LogP contribution in [0.15, 0.2) is 54.0 Å². The Morgan fingerprint density at radius 3 is 2.67 bits per heavy atom. The fraction of sp³-hybridized carbons (Fsp3) is 0.308. The molecule has 0 amide bonds. The molecule has 0 unspecified atom stereocenters. The van der Waals surface area contributed by atoms with Crippen molar-refractivity contribution in [3.63, 3.8) is 0 Å². The molecule has 3 heterocycles. The molecule has 2 N–H and O–H groups in total. The second kappa shape index (κ2) is 10.0. The zero-order chi connectivity index (χ0) is 25.3. The minimum atomic E-state index is -3.42. The van der Waals surface area contributed by atoms with Gasteiger partial charge in [0.2, 0.25) is 16.0 Å². The quantitative estimate of drug-likeness (QED) is 0.353. The first-order valence-electron chi connectivity index (χ1n) is 11.8. The number of ether oxygens (including phenoxy) is 1. The molecule has 8 nitrogen and oxygen atoms in total. The molecule has 0 radical (unpaired) electrons. The van der Waals surface area contributed by atoms with Gasteiger partial charge < -0.3 is 15.4 Å². The molecule has 1 aliphatic rings. The van der Waals surface area contributed by atoms with Gasteiger partial charge in [-0.2, -0.15) is 0 Å². The van der Waals surface area contributed by atoms with Gasteiger partial charge in [0, 0.05) is 23.6 Å². The van der Waals surface area contributed by atoms with E-state index in [0.29, 0.717) is 17.6 Å². The highest BCUT2D eigenvalue weighted by Crippen LogP contribution is 2.39. The molecule has 1 aliphatic heterocycles. The highest BCUT2D eigenvalue weighted by atomic mass is 32.2. The number of anilines is 3. The number of nitrogens with one attached hydrogen (secondary N) is 2. The van der Waals surface area contributed by atoms with Crippen LogP contribution in [-0.4, -0.2) is 51.9 Å². The summed E-state index contributed by atoms with van der Waals surface area (Å²) in [5, 5.41) is 8.72. The number of sulfonamides is 1. The fourth-order valence-corrected chi connectivity index (χ4v) is 5.96. The molecular weight excluding hydrogens is 494 g/mol. The monoisotopic (exact) mass is 523 g/mol. The number of rotatable bonds is 7. The van der Waals surface area contributed by atoms with Gasteiger partial charge in [0.25, 0.3) is 0 Å². The molecule has 0 aliphatic carbocycles.